The Morgan fingerprint density at radius 2 is 1.23 bits per heavy atom. The molecule has 0 saturated carbocycles. The molecule has 1 amide bonds. The molecule has 150 valence electrons. The van der Waals surface area contributed by atoms with Crippen LogP contribution in [0.25, 0.3) is 0 Å². The molecule has 1 aromatic rings. The molecule has 3 heteroatoms. The quantitative estimate of drug-likeness (QED) is 0.254. The molecule has 0 aliphatic carbocycles. The third kappa shape index (κ3) is 11.0. The van der Waals surface area contributed by atoms with Crippen LogP contribution in [0.1, 0.15) is 113 Å². The lowest BCUT2D eigenvalue weighted by Crippen LogP contribution is -2.32. The highest BCUT2D eigenvalue weighted by Gasteiger charge is 2.15. The van der Waals surface area contributed by atoms with Crippen molar-refractivity contribution in [2.75, 3.05) is 13.1 Å². The molecule has 1 aromatic heterocycles. The van der Waals surface area contributed by atoms with Crippen LogP contribution in [-0.4, -0.2) is 23.9 Å². The van der Waals surface area contributed by atoms with Gasteiger partial charge in [-0.25, -0.2) is 0 Å². The summed E-state index contributed by atoms with van der Waals surface area (Å²) in [5.74, 6) is 0.247. The maximum atomic E-state index is 12.8. The van der Waals surface area contributed by atoms with E-state index in [2.05, 4.69) is 18.7 Å². The Hall–Kier alpha value is -0.830. The second kappa shape index (κ2) is 16.4. The van der Waals surface area contributed by atoms with Crippen molar-refractivity contribution < 1.29 is 4.79 Å². The van der Waals surface area contributed by atoms with E-state index in [9.17, 15) is 4.79 Å². The Morgan fingerprint density at radius 1 is 0.769 bits per heavy atom. The summed E-state index contributed by atoms with van der Waals surface area (Å²) < 4.78 is 0. The minimum absolute atomic E-state index is 0.247. The molecule has 0 radical (unpaired) electrons. The Bertz CT molecular complexity index is 411. The van der Waals surface area contributed by atoms with E-state index in [1.54, 1.807) is 11.3 Å². The average Bonchev–Trinajstić information content (AvgIpc) is 3.19. The van der Waals surface area contributed by atoms with Gasteiger partial charge in [0, 0.05) is 13.1 Å². The van der Waals surface area contributed by atoms with Gasteiger partial charge in [0.05, 0.1) is 4.88 Å². The van der Waals surface area contributed by atoms with Crippen molar-refractivity contribution in [3.05, 3.63) is 22.4 Å². The van der Waals surface area contributed by atoms with E-state index in [1.165, 1.54) is 77.0 Å². The van der Waals surface area contributed by atoms with Crippen LogP contribution >= 0.6 is 11.3 Å². The first kappa shape index (κ1) is 23.2. The van der Waals surface area contributed by atoms with Gasteiger partial charge in [-0.05, 0) is 24.3 Å². The lowest BCUT2D eigenvalue weighted by molar-refractivity contribution is 0.0754. The molecule has 26 heavy (non-hydrogen) atoms. The normalized spacial score (nSPS) is 11.0. The standard InChI is InChI=1S/C23H41NOS/c1-3-5-7-9-11-13-15-19-24(23(25)22-18-17-21-26-22)20-16-14-12-10-8-6-4-2/h17-18,21H,3-16,19-20H2,1-2H3. The fraction of sp³-hybridized carbons (Fsp3) is 0.783. The molecule has 0 aliphatic heterocycles. The summed E-state index contributed by atoms with van der Waals surface area (Å²) in [5.41, 5.74) is 0. The summed E-state index contributed by atoms with van der Waals surface area (Å²) in [6.45, 7) is 6.39. The number of unbranched alkanes of at least 4 members (excludes halogenated alkanes) is 12. The van der Waals surface area contributed by atoms with Gasteiger partial charge in [0.25, 0.3) is 5.91 Å². The minimum atomic E-state index is 0.247. The number of carbonyl (C=O) groups is 1. The van der Waals surface area contributed by atoms with Crippen molar-refractivity contribution in [3.63, 3.8) is 0 Å². The zero-order valence-electron chi connectivity index (χ0n) is 17.3. The van der Waals surface area contributed by atoms with Gasteiger partial charge in [-0.2, -0.15) is 0 Å². The van der Waals surface area contributed by atoms with Crippen LogP contribution in [0.3, 0.4) is 0 Å². The zero-order valence-corrected chi connectivity index (χ0v) is 18.1. The van der Waals surface area contributed by atoms with Crippen molar-refractivity contribution in [3.8, 4) is 0 Å². The third-order valence-corrected chi connectivity index (χ3v) is 5.94. The SMILES string of the molecule is CCCCCCCCCN(CCCCCCCCC)C(=O)c1cccs1. The zero-order chi connectivity index (χ0) is 18.9. The molecule has 0 bridgehead atoms. The fourth-order valence-electron chi connectivity index (χ4n) is 3.39. The van der Waals surface area contributed by atoms with Crippen molar-refractivity contribution in [2.45, 2.75) is 104 Å². The summed E-state index contributed by atoms with van der Waals surface area (Å²) in [4.78, 5) is 15.8. The molecule has 0 unspecified atom stereocenters. The molecular weight excluding hydrogens is 338 g/mol. The van der Waals surface area contributed by atoms with E-state index in [0.717, 1.165) is 30.8 Å². The van der Waals surface area contributed by atoms with E-state index in [0.29, 0.717) is 0 Å². The minimum Gasteiger partial charge on any atom is -0.338 e. The van der Waals surface area contributed by atoms with Crippen LogP contribution in [-0.2, 0) is 0 Å². The smallest absolute Gasteiger partial charge is 0.263 e. The van der Waals surface area contributed by atoms with Crippen molar-refractivity contribution in [1.29, 1.82) is 0 Å². The maximum absolute atomic E-state index is 12.8. The summed E-state index contributed by atoms with van der Waals surface area (Å²) in [6.07, 6.45) is 18.2. The number of amides is 1. The average molecular weight is 380 g/mol. The van der Waals surface area contributed by atoms with E-state index in [1.807, 2.05) is 17.5 Å². The summed E-state index contributed by atoms with van der Waals surface area (Å²) in [6, 6.07) is 3.95. The molecule has 0 N–H and O–H groups in total. The first-order valence-electron chi connectivity index (χ1n) is 11.1. The maximum Gasteiger partial charge on any atom is 0.263 e. The molecule has 0 atom stereocenters. The van der Waals surface area contributed by atoms with Crippen LogP contribution in [0, 0.1) is 0 Å². The van der Waals surface area contributed by atoms with Gasteiger partial charge in [-0.15, -0.1) is 11.3 Å². The molecule has 1 heterocycles. The highest BCUT2D eigenvalue weighted by molar-refractivity contribution is 7.12. The van der Waals surface area contributed by atoms with Crippen LogP contribution in [0.2, 0.25) is 0 Å². The van der Waals surface area contributed by atoms with Gasteiger partial charge in [-0.3, -0.25) is 4.79 Å². The largest absolute Gasteiger partial charge is 0.338 e. The van der Waals surface area contributed by atoms with E-state index in [4.69, 9.17) is 0 Å². The van der Waals surface area contributed by atoms with E-state index < -0.39 is 0 Å². The highest BCUT2D eigenvalue weighted by atomic mass is 32.1. The summed E-state index contributed by atoms with van der Waals surface area (Å²) in [7, 11) is 0. The van der Waals surface area contributed by atoms with Gasteiger partial charge in [-0.1, -0.05) is 97.0 Å². The second-order valence-electron chi connectivity index (χ2n) is 7.51. The predicted octanol–water partition coefficient (Wildman–Crippen LogP) is 7.69. The number of rotatable bonds is 17. The number of carbonyl (C=O) groups excluding carboxylic acids is 1. The Kier molecular flexibility index (Phi) is 14.6. The van der Waals surface area contributed by atoms with Gasteiger partial charge in [0.2, 0.25) is 0 Å². The molecular formula is C23H41NOS. The van der Waals surface area contributed by atoms with E-state index >= 15 is 0 Å². The van der Waals surface area contributed by atoms with Gasteiger partial charge in [0.1, 0.15) is 0 Å². The molecule has 0 saturated heterocycles. The van der Waals surface area contributed by atoms with Gasteiger partial charge >= 0.3 is 0 Å². The molecule has 0 spiro atoms. The molecule has 0 aromatic carbocycles. The van der Waals surface area contributed by atoms with Crippen molar-refractivity contribution >= 4 is 17.2 Å². The Balaban J connectivity index is 2.27. The molecule has 1 rings (SSSR count). The highest BCUT2D eigenvalue weighted by Crippen LogP contribution is 2.15. The van der Waals surface area contributed by atoms with Crippen LogP contribution in [0.5, 0.6) is 0 Å². The lowest BCUT2D eigenvalue weighted by atomic mass is 10.1. The summed E-state index contributed by atoms with van der Waals surface area (Å²) >= 11 is 1.57. The van der Waals surface area contributed by atoms with Crippen molar-refractivity contribution in [1.82, 2.24) is 4.90 Å². The number of nitrogens with zero attached hydrogens (tertiary/aromatic N) is 1. The second-order valence-corrected chi connectivity index (χ2v) is 8.46. The number of hydrogen-bond acceptors (Lipinski definition) is 2. The van der Waals surface area contributed by atoms with Crippen LogP contribution in [0.4, 0.5) is 0 Å². The van der Waals surface area contributed by atoms with Crippen LogP contribution < -0.4 is 0 Å². The van der Waals surface area contributed by atoms with E-state index in [-0.39, 0.29) is 5.91 Å². The van der Waals surface area contributed by atoms with Crippen molar-refractivity contribution in [2.24, 2.45) is 0 Å². The van der Waals surface area contributed by atoms with Gasteiger partial charge in [0.15, 0.2) is 0 Å². The third-order valence-electron chi connectivity index (χ3n) is 5.08. The summed E-state index contributed by atoms with van der Waals surface area (Å²) in [5, 5.41) is 2.01. The molecule has 2 nitrogen and oxygen atoms in total. The van der Waals surface area contributed by atoms with Crippen LogP contribution in [0.15, 0.2) is 17.5 Å². The number of thiophene rings is 1. The molecule has 0 fully saturated rings. The lowest BCUT2D eigenvalue weighted by Gasteiger charge is -2.22. The molecule has 0 aliphatic rings. The first-order valence-corrected chi connectivity index (χ1v) is 12.0. The fourth-order valence-corrected chi connectivity index (χ4v) is 4.08. The first-order chi connectivity index (χ1) is 12.8. The predicted molar refractivity (Wildman–Crippen MR) is 116 cm³/mol. The Labute approximate surface area is 166 Å². The monoisotopic (exact) mass is 379 g/mol. The topological polar surface area (TPSA) is 20.3 Å². The Morgan fingerprint density at radius 3 is 1.65 bits per heavy atom. The number of hydrogen-bond donors (Lipinski definition) is 0. The van der Waals surface area contributed by atoms with Gasteiger partial charge < -0.3 is 4.90 Å².